The highest BCUT2D eigenvalue weighted by Gasteiger charge is 2.21. The van der Waals surface area contributed by atoms with Crippen molar-refractivity contribution < 1.29 is 17.9 Å². The van der Waals surface area contributed by atoms with E-state index in [9.17, 15) is 13.2 Å². The number of rotatable bonds is 9. The Bertz CT molecular complexity index is 860. The molecule has 0 unspecified atom stereocenters. The number of nitrogens with zero attached hydrogens (tertiary/aromatic N) is 1. The number of amides is 1. The van der Waals surface area contributed by atoms with E-state index in [1.807, 2.05) is 38.1 Å². The van der Waals surface area contributed by atoms with Gasteiger partial charge in [-0.1, -0.05) is 44.2 Å². The summed E-state index contributed by atoms with van der Waals surface area (Å²) in [6.45, 7) is 4.82. The number of benzene rings is 2. The van der Waals surface area contributed by atoms with E-state index in [0.29, 0.717) is 25.4 Å². The quantitative estimate of drug-likeness (QED) is 0.714. The second-order valence-corrected chi connectivity index (χ2v) is 7.94. The topological polar surface area (TPSA) is 75.7 Å². The number of sulfonamides is 1. The molecule has 1 amide bonds. The summed E-state index contributed by atoms with van der Waals surface area (Å²) in [5.74, 6) is 0.554. The summed E-state index contributed by atoms with van der Waals surface area (Å²) in [5.41, 5.74) is 1.65. The van der Waals surface area contributed by atoms with Crippen LogP contribution in [0.25, 0.3) is 0 Å². The van der Waals surface area contributed by atoms with E-state index >= 15 is 0 Å². The molecule has 0 fully saturated rings. The van der Waals surface area contributed by atoms with Crippen LogP contribution >= 0.6 is 0 Å². The van der Waals surface area contributed by atoms with E-state index in [1.54, 1.807) is 31.4 Å². The Balaban J connectivity index is 1.98. The first kappa shape index (κ1) is 20.9. The summed E-state index contributed by atoms with van der Waals surface area (Å²) < 4.78 is 31.6. The predicted molar refractivity (Wildman–Crippen MR) is 105 cm³/mol. The van der Waals surface area contributed by atoms with Crippen molar-refractivity contribution in [3.8, 4) is 5.75 Å². The lowest BCUT2D eigenvalue weighted by atomic mass is 10.1. The minimum atomic E-state index is -3.47. The first-order chi connectivity index (χ1) is 12.9. The van der Waals surface area contributed by atoms with Crippen LogP contribution in [0.4, 0.5) is 0 Å². The Morgan fingerprint density at radius 2 is 1.67 bits per heavy atom. The Hall–Kier alpha value is -2.38. The van der Waals surface area contributed by atoms with Gasteiger partial charge in [0, 0.05) is 25.2 Å². The van der Waals surface area contributed by atoms with Gasteiger partial charge < -0.3 is 10.1 Å². The van der Waals surface area contributed by atoms with E-state index in [-0.39, 0.29) is 17.2 Å². The maximum absolute atomic E-state index is 12.5. The van der Waals surface area contributed by atoms with Crippen LogP contribution in [0, 0.1) is 0 Å². The van der Waals surface area contributed by atoms with Gasteiger partial charge in [-0.2, -0.15) is 4.31 Å². The molecule has 0 heterocycles. The average molecular weight is 391 g/mol. The van der Waals surface area contributed by atoms with Crippen LogP contribution in [0.15, 0.2) is 53.4 Å². The second-order valence-electron chi connectivity index (χ2n) is 6.00. The minimum absolute atomic E-state index is 0.126. The third-order valence-corrected chi connectivity index (χ3v) is 6.36. The normalized spacial score (nSPS) is 11.4. The van der Waals surface area contributed by atoms with Crippen molar-refractivity contribution in [1.29, 1.82) is 0 Å². The molecule has 0 aliphatic rings. The summed E-state index contributed by atoms with van der Waals surface area (Å²) in [5, 5.41) is 2.85. The molecule has 2 aromatic rings. The van der Waals surface area contributed by atoms with Crippen molar-refractivity contribution in [2.24, 2.45) is 0 Å². The zero-order valence-corrected chi connectivity index (χ0v) is 16.8. The largest absolute Gasteiger partial charge is 0.496 e. The highest BCUT2D eigenvalue weighted by molar-refractivity contribution is 7.89. The van der Waals surface area contributed by atoms with Gasteiger partial charge in [0.25, 0.3) is 0 Å². The Kier molecular flexibility index (Phi) is 7.38. The number of hydrogen-bond donors (Lipinski definition) is 1. The molecule has 0 aromatic heterocycles. The molecule has 1 N–H and O–H groups in total. The lowest BCUT2D eigenvalue weighted by Gasteiger charge is -2.18. The van der Waals surface area contributed by atoms with Gasteiger partial charge in [-0.25, -0.2) is 8.42 Å². The fraction of sp³-hybridized carbons (Fsp3) is 0.350. The molecule has 0 atom stereocenters. The van der Waals surface area contributed by atoms with Gasteiger partial charge in [0.05, 0.1) is 18.4 Å². The molecule has 0 radical (unpaired) electrons. The first-order valence-corrected chi connectivity index (χ1v) is 10.3. The third-order valence-electron chi connectivity index (χ3n) is 4.30. The van der Waals surface area contributed by atoms with Gasteiger partial charge in [-0.05, 0) is 23.8 Å². The van der Waals surface area contributed by atoms with E-state index in [2.05, 4.69) is 5.32 Å². The minimum Gasteiger partial charge on any atom is -0.496 e. The Morgan fingerprint density at radius 3 is 2.26 bits per heavy atom. The van der Waals surface area contributed by atoms with Crippen molar-refractivity contribution >= 4 is 15.9 Å². The first-order valence-electron chi connectivity index (χ1n) is 8.90. The summed E-state index contributed by atoms with van der Waals surface area (Å²) in [7, 11) is -1.89. The van der Waals surface area contributed by atoms with Crippen molar-refractivity contribution in [2.75, 3.05) is 20.2 Å². The SMILES string of the molecule is CCN(CC)S(=O)(=O)c1ccc(CNC(=O)Cc2ccccc2OC)cc1. The highest BCUT2D eigenvalue weighted by atomic mass is 32.2. The number of para-hydroxylation sites is 1. The Labute approximate surface area is 161 Å². The number of carbonyl (C=O) groups is 1. The van der Waals surface area contributed by atoms with Crippen LogP contribution in [0.3, 0.4) is 0 Å². The monoisotopic (exact) mass is 390 g/mol. The van der Waals surface area contributed by atoms with Crippen LogP contribution in [-0.4, -0.2) is 38.8 Å². The Morgan fingerprint density at radius 1 is 1.04 bits per heavy atom. The molecular formula is C20H26N2O4S. The zero-order valence-electron chi connectivity index (χ0n) is 15.9. The van der Waals surface area contributed by atoms with E-state index in [1.165, 1.54) is 4.31 Å². The average Bonchev–Trinajstić information content (AvgIpc) is 2.68. The maximum Gasteiger partial charge on any atom is 0.243 e. The summed E-state index contributed by atoms with van der Waals surface area (Å²) in [6.07, 6.45) is 0.221. The van der Waals surface area contributed by atoms with E-state index < -0.39 is 10.0 Å². The molecule has 7 heteroatoms. The predicted octanol–water partition coefficient (Wildman–Crippen LogP) is 2.58. The van der Waals surface area contributed by atoms with Gasteiger partial charge in [0.2, 0.25) is 15.9 Å². The van der Waals surface area contributed by atoms with Crippen LogP contribution in [0.5, 0.6) is 5.75 Å². The van der Waals surface area contributed by atoms with Crippen LogP contribution in [0.2, 0.25) is 0 Å². The van der Waals surface area contributed by atoms with E-state index in [4.69, 9.17) is 4.74 Å². The standard InChI is InChI=1S/C20H26N2O4S/c1-4-22(5-2)27(24,25)18-12-10-16(11-13-18)15-21-20(23)14-17-8-6-7-9-19(17)26-3/h6-13H,4-5,14-15H2,1-3H3,(H,21,23). The molecule has 2 aromatic carbocycles. The summed E-state index contributed by atoms with van der Waals surface area (Å²) in [6, 6.07) is 14.0. The molecule has 0 saturated heterocycles. The third kappa shape index (κ3) is 5.30. The van der Waals surface area contributed by atoms with Gasteiger partial charge in [0.1, 0.15) is 5.75 Å². The van der Waals surface area contributed by atoms with Crippen LogP contribution in [0.1, 0.15) is 25.0 Å². The van der Waals surface area contributed by atoms with Crippen LogP contribution < -0.4 is 10.1 Å². The number of hydrogen-bond acceptors (Lipinski definition) is 4. The van der Waals surface area contributed by atoms with Crippen LogP contribution in [-0.2, 0) is 27.8 Å². The molecule has 0 bridgehead atoms. The summed E-state index contributed by atoms with van der Waals surface area (Å²) >= 11 is 0. The molecule has 0 saturated carbocycles. The van der Waals surface area contributed by atoms with Gasteiger partial charge >= 0.3 is 0 Å². The number of carbonyl (C=O) groups excluding carboxylic acids is 1. The number of nitrogens with one attached hydrogen (secondary N) is 1. The van der Waals surface area contributed by atoms with Gasteiger partial charge in [0.15, 0.2) is 0 Å². The fourth-order valence-electron chi connectivity index (χ4n) is 2.78. The molecule has 6 nitrogen and oxygen atoms in total. The van der Waals surface area contributed by atoms with Crippen molar-refractivity contribution in [3.05, 3.63) is 59.7 Å². The maximum atomic E-state index is 12.5. The second kappa shape index (κ2) is 9.53. The van der Waals surface area contributed by atoms with Gasteiger partial charge in [-0.3, -0.25) is 4.79 Å². The van der Waals surface area contributed by atoms with Crippen molar-refractivity contribution in [3.63, 3.8) is 0 Å². The van der Waals surface area contributed by atoms with Gasteiger partial charge in [-0.15, -0.1) is 0 Å². The highest BCUT2D eigenvalue weighted by Crippen LogP contribution is 2.18. The van der Waals surface area contributed by atoms with Crippen molar-refractivity contribution in [1.82, 2.24) is 9.62 Å². The number of ether oxygens (including phenoxy) is 1. The molecule has 27 heavy (non-hydrogen) atoms. The molecule has 146 valence electrons. The molecule has 0 spiro atoms. The lowest BCUT2D eigenvalue weighted by molar-refractivity contribution is -0.120. The summed E-state index contributed by atoms with van der Waals surface area (Å²) in [4.78, 5) is 12.4. The molecule has 0 aliphatic carbocycles. The van der Waals surface area contributed by atoms with E-state index in [0.717, 1.165) is 11.1 Å². The van der Waals surface area contributed by atoms with Crippen molar-refractivity contribution in [2.45, 2.75) is 31.7 Å². The smallest absolute Gasteiger partial charge is 0.243 e. The lowest BCUT2D eigenvalue weighted by Crippen LogP contribution is -2.30. The number of methoxy groups -OCH3 is 1. The molecular weight excluding hydrogens is 364 g/mol. The molecule has 2 rings (SSSR count). The fourth-order valence-corrected chi connectivity index (χ4v) is 4.24. The zero-order chi connectivity index (χ0) is 19.9. The molecule has 0 aliphatic heterocycles.